The van der Waals surface area contributed by atoms with E-state index < -0.39 is 0 Å². The third kappa shape index (κ3) is 3.67. The Bertz CT molecular complexity index is 983. The molecule has 2 heterocycles. The molecule has 0 N–H and O–H groups in total. The van der Waals surface area contributed by atoms with Crippen LogP contribution in [0.1, 0.15) is 24.4 Å². The Morgan fingerprint density at radius 3 is 2.41 bits per heavy atom. The highest BCUT2D eigenvalue weighted by atomic mass is 16.2. The highest BCUT2D eigenvalue weighted by Gasteiger charge is 2.30. The van der Waals surface area contributed by atoms with Crippen LogP contribution in [0.3, 0.4) is 0 Å². The number of amides is 1. The van der Waals surface area contributed by atoms with Crippen LogP contribution in [0.15, 0.2) is 77.6 Å². The average Bonchev–Trinajstić information content (AvgIpc) is 3.21. The monoisotopic (exact) mass is 359 g/mol. The number of hydrogen-bond donors (Lipinski definition) is 0. The molecule has 4 rings (SSSR count). The number of likely N-dealkylation sites (tertiary alicyclic amines) is 1. The van der Waals surface area contributed by atoms with Crippen molar-refractivity contribution in [2.24, 2.45) is 0 Å². The first-order chi connectivity index (χ1) is 13.2. The van der Waals surface area contributed by atoms with Crippen LogP contribution in [0.4, 0.5) is 0 Å². The van der Waals surface area contributed by atoms with Gasteiger partial charge in [0.05, 0.1) is 11.7 Å². The van der Waals surface area contributed by atoms with Gasteiger partial charge in [0.25, 0.3) is 5.56 Å². The number of benzene rings is 2. The summed E-state index contributed by atoms with van der Waals surface area (Å²) in [5.41, 5.74) is 2.48. The molecule has 1 amide bonds. The summed E-state index contributed by atoms with van der Waals surface area (Å²) in [7, 11) is 0. The van der Waals surface area contributed by atoms with Crippen molar-refractivity contribution < 1.29 is 4.79 Å². The van der Waals surface area contributed by atoms with Crippen LogP contribution in [0.5, 0.6) is 0 Å². The first-order valence-corrected chi connectivity index (χ1v) is 9.20. The van der Waals surface area contributed by atoms with Crippen molar-refractivity contribution in [2.75, 3.05) is 6.54 Å². The maximum Gasteiger partial charge on any atom is 0.267 e. The van der Waals surface area contributed by atoms with E-state index in [0.29, 0.717) is 12.2 Å². The Balaban J connectivity index is 1.57. The maximum absolute atomic E-state index is 12.9. The van der Waals surface area contributed by atoms with E-state index in [0.717, 1.165) is 24.0 Å². The number of rotatable bonds is 4. The van der Waals surface area contributed by atoms with Crippen LogP contribution < -0.4 is 5.56 Å². The molecule has 1 atom stereocenters. The van der Waals surface area contributed by atoms with E-state index in [1.165, 1.54) is 10.7 Å². The fourth-order valence-corrected chi connectivity index (χ4v) is 3.63. The molecule has 27 heavy (non-hydrogen) atoms. The molecule has 136 valence electrons. The van der Waals surface area contributed by atoms with Crippen LogP contribution in [-0.2, 0) is 11.3 Å². The van der Waals surface area contributed by atoms with E-state index in [-0.39, 0.29) is 24.1 Å². The van der Waals surface area contributed by atoms with Gasteiger partial charge in [0, 0.05) is 18.2 Å². The lowest BCUT2D eigenvalue weighted by atomic mass is 10.0. The van der Waals surface area contributed by atoms with Gasteiger partial charge in [-0.1, -0.05) is 60.7 Å². The lowest BCUT2D eigenvalue weighted by Gasteiger charge is -2.25. The zero-order chi connectivity index (χ0) is 18.6. The molecular weight excluding hydrogens is 338 g/mol. The third-order valence-electron chi connectivity index (χ3n) is 4.98. The smallest absolute Gasteiger partial charge is 0.267 e. The summed E-state index contributed by atoms with van der Waals surface area (Å²) in [6.45, 7) is 0.675. The van der Waals surface area contributed by atoms with Crippen LogP contribution in [0.25, 0.3) is 11.3 Å². The zero-order valence-electron chi connectivity index (χ0n) is 15.0. The minimum Gasteiger partial charge on any atom is -0.334 e. The Hall–Kier alpha value is -3.21. The Morgan fingerprint density at radius 1 is 0.963 bits per heavy atom. The second-order valence-corrected chi connectivity index (χ2v) is 6.74. The molecule has 0 radical (unpaired) electrons. The molecule has 1 aliphatic heterocycles. The minimum atomic E-state index is -0.265. The van der Waals surface area contributed by atoms with Crippen molar-refractivity contribution in [3.05, 3.63) is 88.7 Å². The normalized spacial score (nSPS) is 16.4. The standard InChI is InChI=1S/C22H21N3O2/c26-21-14-13-19(17-8-3-1-4-9-17)23-25(21)16-22(27)24-15-7-12-20(24)18-10-5-2-6-11-18/h1-6,8-11,13-14,20H,7,12,15-16H2. The average molecular weight is 359 g/mol. The zero-order valence-corrected chi connectivity index (χ0v) is 15.0. The van der Waals surface area contributed by atoms with E-state index in [9.17, 15) is 9.59 Å². The first kappa shape index (κ1) is 17.2. The predicted octanol–water partition coefficient (Wildman–Crippen LogP) is 3.27. The molecule has 0 spiro atoms. The number of aromatic nitrogens is 2. The van der Waals surface area contributed by atoms with E-state index in [2.05, 4.69) is 17.2 Å². The molecule has 1 fully saturated rings. The van der Waals surface area contributed by atoms with Crippen LogP contribution in [0.2, 0.25) is 0 Å². The third-order valence-corrected chi connectivity index (χ3v) is 4.98. The lowest BCUT2D eigenvalue weighted by molar-refractivity contribution is -0.133. The molecule has 5 heteroatoms. The van der Waals surface area contributed by atoms with Crippen molar-refractivity contribution >= 4 is 5.91 Å². The van der Waals surface area contributed by atoms with Gasteiger partial charge in [-0.3, -0.25) is 9.59 Å². The van der Waals surface area contributed by atoms with Gasteiger partial charge >= 0.3 is 0 Å². The summed E-state index contributed by atoms with van der Waals surface area (Å²) in [4.78, 5) is 27.0. The predicted molar refractivity (Wildman–Crippen MR) is 104 cm³/mol. The number of carbonyl (C=O) groups is 1. The summed E-state index contributed by atoms with van der Waals surface area (Å²) in [5, 5.41) is 4.41. The van der Waals surface area contributed by atoms with Gasteiger partial charge in [0.15, 0.2) is 0 Å². The van der Waals surface area contributed by atoms with Crippen molar-refractivity contribution in [3.8, 4) is 11.3 Å². The minimum absolute atomic E-state index is 0.0388. The number of hydrogen-bond acceptors (Lipinski definition) is 3. The molecule has 0 saturated carbocycles. The molecule has 1 saturated heterocycles. The van der Waals surface area contributed by atoms with Gasteiger partial charge < -0.3 is 4.90 Å². The molecule has 0 bridgehead atoms. The quantitative estimate of drug-likeness (QED) is 0.718. The molecule has 0 aliphatic carbocycles. The summed E-state index contributed by atoms with van der Waals surface area (Å²) >= 11 is 0. The lowest BCUT2D eigenvalue weighted by Crippen LogP contribution is -2.37. The SMILES string of the molecule is O=C(Cn1nc(-c2ccccc2)ccc1=O)N1CCCC1c1ccccc1. The number of nitrogens with zero attached hydrogens (tertiary/aromatic N) is 3. The summed E-state index contributed by atoms with van der Waals surface area (Å²) in [6.07, 6.45) is 1.92. The van der Waals surface area contributed by atoms with Crippen molar-refractivity contribution in [1.29, 1.82) is 0 Å². The fraction of sp³-hybridized carbons (Fsp3) is 0.227. The Kier molecular flexibility index (Phi) is 4.83. The number of carbonyl (C=O) groups excluding carboxylic acids is 1. The van der Waals surface area contributed by atoms with E-state index in [4.69, 9.17) is 0 Å². The summed E-state index contributed by atoms with van der Waals surface area (Å²) in [6, 6.07) is 23.0. The molecule has 1 aliphatic rings. The summed E-state index contributed by atoms with van der Waals surface area (Å²) in [5.74, 6) is -0.0684. The van der Waals surface area contributed by atoms with Gasteiger partial charge in [0.2, 0.25) is 5.91 Å². The van der Waals surface area contributed by atoms with E-state index >= 15 is 0 Å². The van der Waals surface area contributed by atoms with E-state index in [1.807, 2.05) is 53.4 Å². The van der Waals surface area contributed by atoms with Crippen molar-refractivity contribution in [2.45, 2.75) is 25.4 Å². The van der Waals surface area contributed by atoms with Crippen molar-refractivity contribution in [1.82, 2.24) is 14.7 Å². The molecule has 3 aromatic rings. The maximum atomic E-state index is 12.9. The Morgan fingerprint density at radius 2 is 1.67 bits per heavy atom. The van der Waals surface area contributed by atoms with Gasteiger partial charge in [-0.05, 0) is 24.5 Å². The van der Waals surface area contributed by atoms with Crippen LogP contribution in [0, 0.1) is 0 Å². The van der Waals surface area contributed by atoms with Gasteiger partial charge in [-0.25, -0.2) is 4.68 Å². The van der Waals surface area contributed by atoms with Crippen LogP contribution in [-0.4, -0.2) is 27.1 Å². The molecule has 2 aromatic carbocycles. The molecular formula is C22H21N3O2. The van der Waals surface area contributed by atoms with Gasteiger partial charge in [-0.2, -0.15) is 5.10 Å². The Labute approximate surface area is 157 Å². The van der Waals surface area contributed by atoms with Gasteiger partial charge in [0.1, 0.15) is 6.54 Å². The second kappa shape index (κ2) is 7.58. The topological polar surface area (TPSA) is 55.2 Å². The molecule has 5 nitrogen and oxygen atoms in total. The summed E-state index contributed by atoms with van der Waals surface area (Å²) < 4.78 is 1.27. The largest absolute Gasteiger partial charge is 0.334 e. The van der Waals surface area contributed by atoms with Crippen LogP contribution >= 0.6 is 0 Å². The highest BCUT2D eigenvalue weighted by Crippen LogP contribution is 2.31. The van der Waals surface area contributed by atoms with E-state index in [1.54, 1.807) is 6.07 Å². The molecule has 1 aromatic heterocycles. The second-order valence-electron chi connectivity index (χ2n) is 6.74. The molecule has 1 unspecified atom stereocenters. The fourth-order valence-electron chi connectivity index (χ4n) is 3.63. The van der Waals surface area contributed by atoms with Crippen molar-refractivity contribution in [3.63, 3.8) is 0 Å². The highest BCUT2D eigenvalue weighted by molar-refractivity contribution is 5.77. The first-order valence-electron chi connectivity index (χ1n) is 9.20. The van der Waals surface area contributed by atoms with Gasteiger partial charge in [-0.15, -0.1) is 0 Å².